The molecule has 3 rings (SSSR count). The van der Waals surface area contributed by atoms with Crippen molar-refractivity contribution in [1.29, 1.82) is 0 Å². The SMILES string of the molecule is CC(=O)c1ccc(N2CC(=O)Nc3ccccc32)cc1O. The molecule has 1 heterocycles. The van der Waals surface area contributed by atoms with Gasteiger partial charge in [0.05, 0.1) is 16.9 Å². The van der Waals surface area contributed by atoms with Gasteiger partial charge in [-0.2, -0.15) is 0 Å². The Hall–Kier alpha value is -2.82. The number of phenolic OH excluding ortho intramolecular Hbond substituents is 1. The van der Waals surface area contributed by atoms with Gasteiger partial charge >= 0.3 is 0 Å². The molecule has 0 fully saturated rings. The zero-order valence-electron chi connectivity index (χ0n) is 11.5. The van der Waals surface area contributed by atoms with Gasteiger partial charge in [-0.3, -0.25) is 9.59 Å². The van der Waals surface area contributed by atoms with Gasteiger partial charge in [-0.05, 0) is 31.2 Å². The smallest absolute Gasteiger partial charge is 0.244 e. The van der Waals surface area contributed by atoms with Gasteiger partial charge in [0.15, 0.2) is 5.78 Å². The molecule has 0 aromatic heterocycles. The summed E-state index contributed by atoms with van der Waals surface area (Å²) in [5.74, 6) is -0.400. The Bertz CT molecular complexity index is 740. The first-order valence-corrected chi connectivity index (χ1v) is 6.56. The number of rotatable bonds is 2. The van der Waals surface area contributed by atoms with Crippen LogP contribution < -0.4 is 10.2 Å². The van der Waals surface area contributed by atoms with Gasteiger partial charge in [0.25, 0.3) is 0 Å². The Morgan fingerprint density at radius 2 is 2.00 bits per heavy atom. The lowest BCUT2D eigenvalue weighted by atomic mass is 10.1. The molecule has 1 amide bonds. The van der Waals surface area contributed by atoms with Crippen LogP contribution in [0, 0.1) is 0 Å². The molecule has 0 unspecified atom stereocenters. The molecular weight excluding hydrogens is 268 g/mol. The van der Waals surface area contributed by atoms with Gasteiger partial charge in [0.2, 0.25) is 5.91 Å². The second kappa shape index (κ2) is 4.94. The highest BCUT2D eigenvalue weighted by molar-refractivity contribution is 6.03. The largest absolute Gasteiger partial charge is 0.507 e. The number of benzene rings is 2. The summed E-state index contributed by atoms with van der Waals surface area (Å²) < 4.78 is 0. The fraction of sp³-hybridized carbons (Fsp3) is 0.125. The van der Waals surface area contributed by atoms with E-state index >= 15 is 0 Å². The highest BCUT2D eigenvalue weighted by atomic mass is 16.3. The lowest BCUT2D eigenvalue weighted by Crippen LogP contribution is -2.34. The molecule has 2 aromatic carbocycles. The molecule has 1 aliphatic rings. The van der Waals surface area contributed by atoms with Crippen molar-refractivity contribution in [2.75, 3.05) is 16.8 Å². The maximum absolute atomic E-state index is 11.8. The zero-order chi connectivity index (χ0) is 15.0. The fourth-order valence-electron chi connectivity index (χ4n) is 2.45. The number of ketones is 1. The van der Waals surface area contributed by atoms with Crippen LogP contribution in [0.2, 0.25) is 0 Å². The molecule has 0 radical (unpaired) electrons. The maximum atomic E-state index is 11.8. The van der Waals surface area contributed by atoms with Gasteiger partial charge < -0.3 is 15.3 Å². The molecule has 1 aliphatic heterocycles. The molecule has 5 heteroatoms. The van der Waals surface area contributed by atoms with Crippen molar-refractivity contribution in [1.82, 2.24) is 0 Å². The van der Waals surface area contributed by atoms with E-state index in [4.69, 9.17) is 0 Å². The first-order valence-electron chi connectivity index (χ1n) is 6.56. The van der Waals surface area contributed by atoms with Crippen molar-refractivity contribution in [2.24, 2.45) is 0 Å². The highest BCUT2D eigenvalue weighted by Crippen LogP contribution is 2.36. The standard InChI is InChI=1S/C16H14N2O3/c1-10(19)12-7-6-11(8-15(12)20)18-9-16(21)17-13-4-2-3-5-14(13)18/h2-8,20H,9H2,1H3,(H,17,21). The molecule has 0 atom stereocenters. The number of anilines is 3. The fourth-order valence-corrected chi connectivity index (χ4v) is 2.45. The molecule has 0 bridgehead atoms. The summed E-state index contributed by atoms with van der Waals surface area (Å²) in [4.78, 5) is 25.0. The van der Waals surface area contributed by atoms with Crippen LogP contribution in [0.3, 0.4) is 0 Å². The second-order valence-corrected chi connectivity index (χ2v) is 4.91. The molecule has 0 aliphatic carbocycles. The van der Waals surface area contributed by atoms with E-state index < -0.39 is 0 Å². The van der Waals surface area contributed by atoms with E-state index in [9.17, 15) is 14.7 Å². The molecule has 0 saturated carbocycles. The molecule has 2 aromatic rings. The number of hydrogen-bond acceptors (Lipinski definition) is 4. The van der Waals surface area contributed by atoms with Crippen LogP contribution in [0.4, 0.5) is 17.1 Å². The van der Waals surface area contributed by atoms with Crippen LogP contribution in [0.25, 0.3) is 0 Å². The summed E-state index contributed by atoms with van der Waals surface area (Å²) in [6.45, 7) is 1.56. The Labute approximate surface area is 121 Å². The van der Waals surface area contributed by atoms with Crippen molar-refractivity contribution in [3.8, 4) is 5.75 Å². The van der Waals surface area contributed by atoms with E-state index in [-0.39, 0.29) is 29.5 Å². The van der Waals surface area contributed by atoms with Crippen LogP contribution in [0.1, 0.15) is 17.3 Å². The van der Waals surface area contributed by atoms with Crippen LogP contribution >= 0.6 is 0 Å². The number of Topliss-reactive ketones (excluding diaryl/α,β-unsaturated/α-hetero) is 1. The van der Waals surface area contributed by atoms with Gasteiger partial charge in [-0.25, -0.2) is 0 Å². The molecule has 21 heavy (non-hydrogen) atoms. The number of amides is 1. The highest BCUT2D eigenvalue weighted by Gasteiger charge is 2.23. The van der Waals surface area contributed by atoms with Crippen molar-refractivity contribution in [2.45, 2.75) is 6.92 Å². The number of nitrogens with one attached hydrogen (secondary N) is 1. The number of aromatic hydroxyl groups is 1. The summed E-state index contributed by atoms with van der Waals surface area (Å²) in [6.07, 6.45) is 0. The molecule has 0 saturated heterocycles. The Morgan fingerprint density at radius 3 is 2.71 bits per heavy atom. The Morgan fingerprint density at radius 1 is 1.24 bits per heavy atom. The first kappa shape index (κ1) is 13.2. The van der Waals surface area contributed by atoms with Crippen LogP contribution in [-0.4, -0.2) is 23.3 Å². The summed E-state index contributed by atoms with van der Waals surface area (Å²) in [5.41, 5.74) is 2.52. The molecule has 5 nitrogen and oxygen atoms in total. The lowest BCUT2D eigenvalue weighted by molar-refractivity contribution is -0.115. The summed E-state index contributed by atoms with van der Waals surface area (Å²) in [6, 6.07) is 12.3. The van der Waals surface area contributed by atoms with Gasteiger partial charge in [0.1, 0.15) is 12.3 Å². The minimum Gasteiger partial charge on any atom is -0.507 e. The van der Waals surface area contributed by atoms with E-state index in [0.717, 1.165) is 11.4 Å². The molecule has 2 N–H and O–H groups in total. The molecule has 0 spiro atoms. The van der Waals surface area contributed by atoms with E-state index in [1.54, 1.807) is 17.0 Å². The van der Waals surface area contributed by atoms with E-state index in [2.05, 4.69) is 5.32 Å². The predicted molar refractivity (Wildman–Crippen MR) is 80.2 cm³/mol. The molecular formula is C16H14N2O3. The number of carbonyl (C=O) groups is 2. The average molecular weight is 282 g/mol. The summed E-state index contributed by atoms with van der Waals surface area (Å²) in [7, 11) is 0. The summed E-state index contributed by atoms with van der Waals surface area (Å²) >= 11 is 0. The third kappa shape index (κ3) is 2.33. The first-order chi connectivity index (χ1) is 10.1. The van der Waals surface area contributed by atoms with Crippen molar-refractivity contribution in [3.05, 3.63) is 48.0 Å². The number of hydrogen-bond donors (Lipinski definition) is 2. The van der Waals surface area contributed by atoms with Crippen molar-refractivity contribution in [3.63, 3.8) is 0 Å². The third-order valence-corrected chi connectivity index (χ3v) is 3.44. The van der Waals surface area contributed by atoms with E-state index in [1.807, 2.05) is 24.3 Å². The predicted octanol–water partition coefficient (Wildman–Crippen LogP) is 2.69. The van der Waals surface area contributed by atoms with Crippen LogP contribution in [0.5, 0.6) is 5.75 Å². The number of carbonyl (C=O) groups excluding carboxylic acids is 2. The topological polar surface area (TPSA) is 69.6 Å². The van der Waals surface area contributed by atoms with E-state index in [0.29, 0.717) is 5.69 Å². The number of nitrogens with zero attached hydrogens (tertiary/aromatic N) is 1. The summed E-state index contributed by atoms with van der Waals surface area (Å²) in [5, 5.41) is 12.8. The third-order valence-electron chi connectivity index (χ3n) is 3.44. The normalized spacial score (nSPS) is 13.6. The monoisotopic (exact) mass is 282 g/mol. The van der Waals surface area contributed by atoms with Crippen molar-refractivity contribution >= 4 is 28.8 Å². The average Bonchev–Trinajstić information content (AvgIpc) is 2.45. The van der Waals surface area contributed by atoms with Gasteiger partial charge in [-0.1, -0.05) is 12.1 Å². The quantitative estimate of drug-likeness (QED) is 0.831. The second-order valence-electron chi connectivity index (χ2n) is 4.91. The lowest BCUT2D eigenvalue weighted by Gasteiger charge is -2.31. The van der Waals surface area contributed by atoms with Crippen LogP contribution in [0.15, 0.2) is 42.5 Å². The number of phenols is 1. The Balaban J connectivity index is 2.07. The Kier molecular flexibility index (Phi) is 3.10. The zero-order valence-corrected chi connectivity index (χ0v) is 11.5. The van der Waals surface area contributed by atoms with Gasteiger partial charge in [-0.15, -0.1) is 0 Å². The minimum atomic E-state index is -0.198. The van der Waals surface area contributed by atoms with Crippen molar-refractivity contribution < 1.29 is 14.7 Å². The number of fused-ring (bicyclic) bond motifs is 1. The minimum absolute atomic E-state index is 0.0801. The van der Waals surface area contributed by atoms with Gasteiger partial charge in [0, 0.05) is 11.8 Å². The number of para-hydroxylation sites is 2. The van der Waals surface area contributed by atoms with E-state index in [1.165, 1.54) is 13.0 Å². The molecule has 106 valence electrons. The van der Waals surface area contributed by atoms with Crippen LogP contribution in [-0.2, 0) is 4.79 Å². The maximum Gasteiger partial charge on any atom is 0.244 e.